The number of nitrogen functional groups attached to an aromatic ring is 1. The van der Waals surface area contributed by atoms with E-state index in [1.807, 2.05) is 6.07 Å². The van der Waals surface area contributed by atoms with E-state index in [2.05, 4.69) is 4.98 Å². The van der Waals surface area contributed by atoms with Crippen LogP contribution in [0.5, 0.6) is 0 Å². The van der Waals surface area contributed by atoms with E-state index in [1.165, 1.54) is 11.0 Å². The molecule has 2 rings (SSSR count). The highest BCUT2D eigenvalue weighted by atomic mass is 16.2. The Labute approximate surface area is 132 Å². The molecule has 0 saturated heterocycles. The van der Waals surface area contributed by atoms with Crippen molar-refractivity contribution in [2.45, 2.75) is 0 Å². The normalized spacial score (nSPS) is 9.74. The molecule has 1 aromatic heterocycles. The lowest BCUT2D eigenvalue weighted by Crippen LogP contribution is -2.21. The molecule has 0 aliphatic carbocycles. The Bertz CT molecular complexity index is 929. The van der Waals surface area contributed by atoms with E-state index in [0.29, 0.717) is 11.1 Å². The van der Waals surface area contributed by atoms with Crippen molar-refractivity contribution in [1.82, 2.24) is 9.88 Å². The largest absolute Gasteiger partial charge is 0.384 e. The molecule has 0 aliphatic rings. The number of pyridine rings is 1. The van der Waals surface area contributed by atoms with Gasteiger partial charge in [-0.25, -0.2) is 0 Å². The van der Waals surface area contributed by atoms with Crippen molar-refractivity contribution >= 4 is 11.7 Å². The van der Waals surface area contributed by atoms with Gasteiger partial charge in [0.15, 0.2) is 0 Å². The fourth-order valence-electron chi connectivity index (χ4n) is 2.20. The van der Waals surface area contributed by atoms with E-state index >= 15 is 0 Å². The van der Waals surface area contributed by atoms with Gasteiger partial charge in [-0.2, -0.15) is 10.5 Å². The Morgan fingerprint density at radius 2 is 1.87 bits per heavy atom. The zero-order valence-electron chi connectivity index (χ0n) is 12.5. The first-order valence-electron chi connectivity index (χ1n) is 6.58. The molecule has 3 N–H and O–H groups in total. The summed E-state index contributed by atoms with van der Waals surface area (Å²) in [6.45, 7) is 0. The maximum atomic E-state index is 12.1. The molecule has 0 bridgehead atoms. The molecule has 23 heavy (non-hydrogen) atoms. The summed E-state index contributed by atoms with van der Waals surface area (Å²) in [7, 11) is 3.23. The van der Waals surface area contributed by atoms with E-state index < -0.39 is 5.56 Å². The SMILES string of the molecule is CN(C)C(=O)c1cccc(-c2c(C#N)c(N)[nH]c(=O)c2C#N)c1. The summed E-state index contributed by atoms with van der Waals surface area (Å²) in [5, 5.41) is 18.5. The molecule has 1 heterocycles. The second kappa shape index (κ2) is 6.04. The van der Waals surface area contributed by atoms with E-state index in [4.69, 9.17) is 5.73 Å². The summed E-state index contributed by atoms with van der Waals surface area (Å²) in [5.41, 5.74) is 5.69. The number of benzene rings is 1. The molecule has 0 aliphatic heterocycles. The van der Waals surface area contributed by atoms with Crippen molar-refractivity contribution in [3.05, 3.63) is 51.3 Å². The summed E-state index contributed by atoms with van der Waals surface area (Å²) >= 11 is 0. The van der Waals surface area contributed by atoms with Gasteiger partial charge >= 0.3 is 0 Å². The Balaban J connectivity index is 2.81. The lowest BCUT2D eigenvalue weighted by atomic mass is 9.95. The Morgan fingerprint density at radius 3 is 2.43 bits per heavy atom. The number of carbonyl (C=O) groups excluding carboxylic acids is 1. The molecule has 1 amide bonds. The molecule has 7 heteroatoms. The van der Waals surface area contributed by atoms with Gasteiger partial charge in [-0.15, -0.1) is 0 Å². The minimum Gasteiger partial charge on any atom is -0.384 e. The molecule has 0 unspecified atom stereocenters. The Kier molecular flexibility index (Phi) is 4.15. The third kappa shape index (κ3) is 2.76. The number of aromatic nitrogens is 1. The molecule has 0 saturated carbocycles. The van der Waals surface area contributed by atoms with Crippen molar-refractivity contribution < 1.29 is 4.79 Å². The molecule has 2 aromatic rings. The van der Waals surface area contributed by atoms with E-state index in [0.717, 1.165) is 0 Å². The first kappa shape index (κ1) is 15.8. The summed E-state index contributed by atoms with van der Waals surface area (Å²) < 4.78 is 0. The number of rotatable bonds is 2. The highest BCUT2D eigenvalue weighted by Crippen LogP contribution is 2.28. The summed E-state index contributed by atoms with van der Waals surface area (Å²) in [4.78, 5) is 27.7. The lowest BCUT2D eigenvalue weighted by molar-refractivity contribution is 0.0827. The van der Waals surface area contributed by atoms with Gasteiger partial charge in [0.05, 0.1) is 0 Å². The lowest BCUT2D eigenvalue weighted by Gasteiger charge is -2.13. The van der Waals surface area contributed by atoms with Crippen LogP contribution in [0, 0.1) is 22.7 Å². The predicted molar refractivity (Wildman–Crippen MR) is 84.4 cm³/mol. The van der Waals surface area contributed by atoms with Gasteiger partial charge in [-0.3, -0.25) is 9.59 Å². The molecule has 7 nitrogen and oxygen atoms in total. The second-order valence-electron chi connectivity index (χ2n) is 5.00. The van der Waals surface area contributed by atoms with E-state index in [-0.39, 0.29) is 28.4 Å². The topological polar surface area (TPSA) is 127 Å². The van der Waals surface area contributed by atoms with Crippen LogP contribution in [-0.4, -0.2) is 29.9 Å². The minimum absolute atomic E-state index is 0.00407. The first-order valence-corrected chi connectivity index (χ1v) is 6.58. The van der Waals surface area contributed by atoms with Gasteiger partial charge in [-0.1, -0.05) is 12.1 Å². The van der Waals surface area contributed by atoms with Crippen LogP contribution in [0.1, 0.15) is 21.5 Å². The maximum absolute atomic E-state index is 12.1. The number of nitrogens with one attached hydrogen (secondary N) is 1. The van der Waals surface area contributed by atoms with Crippen molar-refractivity contribution in [1.29, 1.82) is 10.5 Å². The van der Waals surface area contributed by atoms with Gasteiger partial charge in [0.1, 0.15) is 29.1 Å². The van der Waals surface area contributed by atoms with Gasteiger partial charge in [0.2, 0.25) is 0 Å². The fraction of sp³-hybridized carbons (Fsp3) is 0.125. The van der Waals surface area contributed by atoms with Crippen molar-refractivity contribution in [3.8, 4) is 23.3 Å². The molecule has 0 spiro atoms. The predicted octanol–water partition coefficient (Wildman–Crippen LogP) is 1.07. The number of hydrogen-bond donors (Lipinski definition) is 2. The van der Waals surface area contributed by atoms with Crippen LogP contribution >= 0.6 is 0 Å². The molecule has 0 radical (unpaired) electrons. The molecular formula is C16H13N5O2. The quantitative estimate of drug-likeness (QED) is 0.858. The average molecular weight is 307 g/mol. The van der Waals surface area contributed by atoms with Crippen LogP contribution in [0.25, 0.3) is 11.1 Å². The summed E-state index contributed by atoms with van der Waals surface area (Å²) in [5.74, 6) is -0.350. The highest BCUT2D eigenvalue weighted by molar-refractivity contribution is 5.95. The van der Waals surface area contributed by atoms with Crippen LogP contribution in [0.2, 0.25) is 0 Å². The minimum atomic E-state index is -0.677. The average Bonchev–Trinajstić information content (AvgIpc) is 2.53. The second-order valence-corrected chi connectivity index (χ2v) is 5.00. The standard InChI is InChI=1S/C16H13N5O2/c1-21(2)16(23)10-5-3-4-9(6-10)13-11(7-17)14(19)20-15(22)12(13)8-18/h3-6H,1-2H3,(H3,19,20,22). The van der Waals surface area contributed by atoms with Gasteiger partial charge < -0.3 is 15.6 Å². The molecule has 1 aromatic carbocycles. The maximum Gasteiger partial charge on any atom is 0.268 e. The molecule has 0 atom stereocenters. The Morgan fingerprint density at radius 1 is 1.22 bits per heavy atom. The van der Waals surface area contributed by atoms with Crippen LogP contribution in [-0.2, 0) is 0 Å². The zero-order chi connectivity index (χ0) is 17.1. The van der Waals surface area contributed by atoms with Gasteiger partial charge in [-0.05, 0) is 17.7 Å². The number of amides is 1. The summed E-state index contributed by atoms with van der Waals surface area (Å²) in [6, 6.07) is 10.1. The molecule has 0 fully saturated rings. The highest BCUT2D eigenvalue weighted by Gasteiger charge is 2.19. The van der Waals surface area contributed by atoms with E-state index in [9.17, 15) is 20.1 Å². The number of hydrogen-bond acceptors (Lipinski definition) is 5. The third-order valence-electron chi connectivity index (χ3n) is 3.27. The van der Waals surface area contributed by atoms with Crippen molar-refractivity contribution in [2.24, 2.45) is 0 Å². The number of anilines is 1. The van der Waals surface area contributed by atoms with Crippen LogP contribution in [0.15, 0.2) is 29.1 Å². The van der Waals surface area contributed by atoms with Crippen LogP contribution in [0.3, 0.4) is 0 Å². The van der Waals surface area contributed by atoms with Gasteiger partial charge in [0, 0.05) is 25.2 Å². The van der Waals surface area contributed by atoms with Gasteiger partial charge in [0.25, 0.3) is 11.5 Å². The van der Waals surface area contributed by atoms with Crippen molar-refractivity contribution in [2.75, 3.05) is 19.8 Å². The fourth-order valence-corrected chi connectivity index (χ4v) is 2.20. The number of nitrogens with two attached hydrogens (primary N) is 1. The zero-order valence-corrected chi connectivity index (χ0v) is 12.5. The monoisotopic (exact) mass is 307 g/mol. The number of nitriles is 2. The number of H-pyrrole nitrogens is 1. The van der Waals surface area contributed by atoms with Crippen LogP contribution < -0.4 is 11.3 Å². The third-order valence-corrected chi connectivity index (χ3v) is 3.27. The first-order chi connectivity index (χ1) is 10.9. The molecule has 114 valence electrons. The number of nitrogens with zero attached hydrogens (tertiary/aromatic N) is 3. The van der Waals surface area contributed by atoms with E-state index in [1.54, 1.807) is 38.4 Å². The molecular weight excluding hydrogens is 294 g/mol. The number of carbonyl (C=O) groups is 1. The number of aromatic amines is 1. The smallest absolute Gasteiger partial charge is 0.268 e. The van der Waals surface area contributed by atoms with Crippen molar-refractivity contribution in [3.63, 3.8) is 0 Å². The summed E-state index contributed by atoms with van der Waals surface area (Å²) in [6.07, 6.45) is 0. The van der Waals surface area contributed by atoms with Crippen LogP contribution in [0.4, 0.5) is 5.82 Å². The Hall–Kier alpha value is -3.58.